The molecule has 22 heavy (non-hydrogen) atoms. The Hall–Kier alpha value is -0.650. The van der Waals surface area contributed by atoms with E-state index in [9.17, 15) is 4.79 Å². The van der Waals surface area contributed by atoms with Gasteiger partial charge in [-0.2, -0.15) is 0 Å². The molecule has 0 bridgehead atoms. The summed E-state index contributed by atoms with van der Waals surface area (Å²) >= 11 is 0. The van der Waals surface area contributed by atoms with Crippen molar-refractivity contribution in [3.8, 4) is 0 Å². The fourth-order valence-corrected chi connectivity index (χ4v) is 4.25. The monoisotopic (exact) mass is 309 g/mol. The number of hydrogen-bond acceptors (Lipinski definition) is 4. The zero-order valence-corrected chi connectivity index (χ0v) is 13.7. The molecule has 2 saturated heterocycles. The van der Waals surface area contributed by atoms with Gasteiger partial charge in [0.05, 0.1) is 13.2 Å². The quantitative estimate of drug-likeness (QED) is 0.799. The van der Waals surface area contributed by atoms with Crippen LogP contribution in [0.4, 0.5) is 0 Å². The molecule has 1 amide bonds. The Morgan fingerprint density at radius 2 is 2.05 bits per heavy atom. The molecule has 3 rings (SSSR count). The molecule has 0 spiro atoms. The van der Waals surface area contributed by atoms with Crippen LogP contribution in [0.15, 0.2) is 0 Å². The van der Waals surface area contributed by atoms with E-state index >= 15 is 0 Å². The van der Waals surface area contributed by atoms with Crippen LogP contribution in [0.2, 0.25) is 0 Å². The predicted molar refractivity (Wildman–Crippen MR) is 86.8 cm³/mol. The van der Waals surface area contributed by atoms with Crippen LogP contribution in [-0.2, 0) is 9.53 Å². The molecule has 126 valence electrons. The lowest BCUT2D eigenvalue weighted by molar-refractivity contribution is -0.132. The SMILES string of the molecule is O=C(CCNC1CCCC1C1COCCN1)N1CCCCC1. The fourth-order valence-electron chi connectivity index (χ4n) is 4.25. The van der Waals surface area contributed by atoms with Crippen LogP contribution >= 0.6 is 0 Å². The van der Waals surface area contributed by atoms with Crippen molar-refractivity contribution in [3.05, 3.63) is 0 Å². The topological polar surface area (TPSA) is 53.6 Å². The van der Waals surface area contributed by atoms with Crippen LogP contribution in [0.3, 0.4) is 0 Å². The van der Waals surface area contributed by atoms with Crippen molar-refractivity contribution in [1.29, 1.82) is 0 Å². The summed E-state index contributed by atoms with van der Waals surface area (Å²) < 4.78 is 5.61. The van der Waals surface area contributed by atoms with E-state index in [2.05, 4.69) is 10.6 Å². The first-order chi connectivity index (χ1) is 10.8. The van der Waals surface area contributed by atoms with Gasteiger partial charge in [0.15, 0.2) is 0 Å². The van der Waals surface area contributed by atoms with Crippen molar-refractivity contribution in [3.63, 3.8) is 0 Å². The molecule has 0 aromatic carbocycles. The van der Waals surface area contributed by atoms with Crippen LogP contribution in [0, 0.1) is 5.92 Å². The Balaban J connectivity index is 1.39. The number of rotatable bonds is 5. The maximum Gasteiger partial charge on any atom is 0.223 e. The molecular formula is C17H31N3O2. The second-order valence-electron chi connectivity index (χ2n) is 6.98. The fraction of sp³-hybridized carbons (Fsp3) is 0.941. The van der Waals surface area contributed by atoms with Crippen LogP contribution in [-0.4, -0.2) is 62.3 Å². The van der Waals surface area contributed by atoms with Gasteiger partial charge in [-0.3, -0.25) is 4.79 Å². The Kier molecular flexibility index (Phi) is 6.10. The summed E-state index contributed by atoms with van der Waals surface area (Å²) in [5.74, 6) is 0.992. The number of carbonyl (C=O) groups excluding carboxylic acids is 1. The predicted octanol–water partition coefficient (Wildman–Crippen LogP) is 1.14. The number of ether oxygens (including phenoxy) is 1. The molecule has 1 saturated carbocycles. The highest BCUT2D eigenvalue weighted by Gasteiger charge is 2.34. The lowest BCUT2D eigenvalue weighted by Crippen LogP contribution is -2.51. The molecule has 2 N–H and O–H groups in total. The van der Waals surface area contributed by atoms with Crippen molar-refractivity contribution < 1.29 is 9.53 Å². The number of piperidine rings is 1. The minimum atomic E-state index is 0.334. The summed E-state index contributed by atoms with van der Waals surface area (Å²) in [5, 5.41) is 7.26. The van der Waals surface area contributed by atoms with E-state index in [0.717, 1.165) is 39.4 Å². The number of likely N-dealkylation sites (tertiary alicyclic amines) is 1. The van der Waals surface area contributed by atoms with Crippen molar-refractivity contribution in [2.24, 2.45) is 5.92 Å². The summed E-state index contributed by atoms with van der Waals surface area (Å²) in [5.41, 5.74) is 0. The average molecular weight is 309 g/mol. The van der Waals surface area contributed by atoms with Gasteiger partial charge in [-0.25, -0.2) is 0 Å². The van der Waals surface area contributed by atoms with E-state index in [1.165, 1.54) is 38.5 Å². The van der Waals surface area contributed by atoms with Gasteiger partial charge in [0.25, 0.3) is 0 Å². The highest BCUT2D eigenvalue weighted by atomic mass is 16.5. The standard InChI is InChI=1S/C17H31N3O2/c21-17(20-10-2-1-3-11-20)7-8-18-15-6-4-5-14(15)16-13-22-12-9-19-16/h14-16,18-19H,1-13H2. The van der Waals surface area contributed by atoms with E-state index < -0.39 is 0 Å². The first-order valence-corrected chi connectivity index (χ1v) is 9.17. The summed E-state index contributed by atoms with van der Waals surface area (Å²) in [6, 6.07) is 1.04. The summed E-state index contributed by atoms with van der Waals surface area (Å²) in [6.45, 7) is 5.41. The Morgan fingerprint density at radius 3 is 2.82 bits per heavy atom. The number of amides is 1. The summed E-state index contributed by atoms with van der Waals surface area (Å²) in [6.07, 6.45) is 8.09. The van der Waals surface area contributed by atoms with Gasteiger partial charge in [0.2, 0.25) is 5.91 Å². The molecule has 3 fully saturated rings. The second-order valence-corrected chi connectivity index (χ2v) is 6.98. The maximum absolute atomic E-state index is 12.2. The van der Waals surface area contributed by atoms with Gasteiger partial charge < -0.3 is 20.3 Å². The van der Waals surface area contributed by atoms with Crippen molar-refractivity contribution in [2.75, 3.05) is 39.4 Å². The molecule has 2 heterocycles. The minimum Gasteiger partial charge on any atom is -0.379 e. The molecule has 0 radical (unpaired) electrons. The molecular weight excluding hydrogens is 278 g/mol. The Bertz CT molecular complexity index is 352. The smallest absolute Gasteiger partial charge is 0.223 e. The molecule has 0 aromatic heterocycles. The van der Waals surface area contributed by atoms with Gasteiger partial charge in [-0.1, -0.05) is 6.42 Å². The zero-order valence-electron chi connectivity index (χ0n) is 13.7. The summed E-state index contributed by atoms with van der Waals surface area (Å²) in [7, 11) is 0. The first-order valence-electron chi connectivity index (χ1n) is 9.17. The minimum absolute atomic E-state index is 0.334. The maximum atomic E-state index is 12.2. The van der Waals surface area contributed by atoms with Gasteiger partial charge in [-0.15, -0.1) is 0 Å². The van der Waals surface area contributed by atoms with Gasteiger partial charge in [0, 0.05) is 44.7 Å². The lowest BCUT2D eigenvalue weighted by atomic mass is 9.94. The second kappa shape index (κ2) is 8.27. The van der Waals surface area contributed by atoms with E-state index in [4.69, 9.17) is 4.74 Å². The molecule has 5 nitrogen and oxygen atoms in total. The number of nitrogens with one attached hydrogen (secondary N) is 2. The third-order valence-electron chi connectivity index (χ3n) is 5.49. The van der Waals surface area contributed by atoms with Gasteiger partial charge in [-0.05, 0) is 38.0 Å². The van der Waals surface area contributed by atoms with Crippen LogP contribution in [0.25, 0.3) is 0 Å². The molecule has 3 atom stereocenters. The highest BCUT2D eigenvalue weighted by Crippen LogP contribution is 2.29. The molecule has 3 unspecified atom stereocenters. The normalized spacial score (nSPS) is 33.1. The van der Waals surface area contributed by atoms with Gasteiger partial charge in [0.1, 0.15) is 0 Å². The Labute approximate surface area is 134 Å². The van der Waals surface area contributed by atoms with E-state index in [1.54, 1.807) is 0 Å². The highest BCUT2D eigenvalue weighted by molar-refractivity contribution is 5.76. The van der Waals surface area contributed by atoms with E-state index in [1.807, 2.05) is 4.90 Å². The van der Waals surface area contributed by atoms with Crippen molar-refractivity contribution in [2.45, 2.75) is 57.0 Å². The molecule has 5 heteroatoms. The summed E-state index contributed by atoms with van der Waals surface area (Å²) in [4.78, 5) is 14.3. The molecule has 1 aliphatic carbocycles. The van der Waals surface area contributed by atoms with Crippen LogP contribution in [0.1, 0.15) is 44.9 Å². The molecule has 0 aromatic rings. The van der Waals surface area contributed by atoms with E-state index in [-0.39, 0.29) is 0 Å². The molecule has 2 aliphatic heterocycles. The lowest BCUT2D eigenvalue weighted by Gasteiger charge is -2.33. The Morgan fingerprint density at radius 1 is 1.18 bits per heavy atom. The third-order valence-corrected chi connectivity index (χ3v) is 5.49. The van der Waals surface area contributed by atoms with Crippen LogP contribution < -0.4 is 10.6 Å². The average Bonchev–Trinajstić information content (AvgIpc) is 3.05. The number of hydrogen-bond donors (Lipinski definition) is 2. The zero-order chi connectivity index (χ0) is 15.2. The number of nitrogens with zero attached hydrogens (tertiary/aromatic N) is 1. The van der Waals surface area contributed by atoms with Crippen LogP contribution in [0.5, 0.6) is 0 Å². The van der Waals surface area contributed by atoms with Crippen molar-refractivity contribution in [1.82, 2.24) is 15.5 Å². The van der Waals surface area contributed by atoms with Crippen molar-refractivity contribution >= 4 is 5.91 Å². The first kappa shape index (κ1) is 16.2. The molecule has 3 aliphatic rings. The largest absolute Gasteiger partial charge is 0.379 e. The van der Waals surface area contributed by atoms with E-state index in [0.29, 0.717) is 30.3 Å². The van der Waals surface area contributed by atoms with Gasteiger partial charge >= 0.3 is 0 Å². The third kappa shape index (κ3) is 4.21. The number of carbonyl (C=O) groups is 1. The number of morpholine rings is 1.